The van der Waals surface area contributed by atoms with Crippen molar-refractivity contribution in [2.24, 2.45) is 0 Å². The number of rotatable bonds is 10. The molecule has 0 unspecified atom stereocenters. The maximum atomic E-state index is 13.0. The van der Waals surface area contributed by atoms with Gasteiger partial charge in [-0.3, -0.25) is 0 Å². The van der Waals surface area contributed by atoms with Crippen molar-refractivity contribution in [3.05, 3.63) is 176 Å². The lowest BCUT2D eigenvalue weighted by Crippen LogP contribution is -2.32. The number of hydrogen-bond acceptors (Lipinski definition) is 6. The molecule has 0 aliphatic heterocycles. The van der Waals surface area contributed by atoms with Crippen LogP contribution in [0.1, 0.15) is 150 Å². The Balaban J connectivity index is 1.39. The molecule has 6 aromatic rings. The topological polar surface area (TPSA) is 141 Å². The second-order valence-corrected chi connectivity index (χ2v) is 23.4. The van der Waals surface area contributed by atoms with Gasteiger partial charge in [-0.1, -0.05) is 168 Å². The molecule has 6 N–H and O–H groups in total. The molecule has 0 fully saturated rings. The minimum absolute atomic E-state index is 0.177. The number of phenolic OH excluding ortho intramolecular Hbond substituents is 2. The van der Waals surface area contributed by atoms with E-state index < -0.39 is 0 Å². The van der Waals surface area contributed by atoms with E-state index in [4.69, 9.17) is 9.47 Å². The predicted molar refractivity (Wildman–Crippen MR) is 293 cm³/mol. The summed E-state index contributed by atoms with van der Waals surface area (Å²) in [6.45, 7) is 27.1. The molecule has 0 atom stereocenters. The normalized spacial score (nSPS) is 12.9. The Kier molecular flexibility index (Phi) is 15.7. The van der Waals surface area contributed by atoms with Gasteiger partial charge in [-0.2, -0.15) is 0 Å². The number of nitrogens with one attached hydrogen (secondary N) is 4. The third kappa shape index (κ3) is 13.3. The first-order valence-electron chi connectivity index (χ1n) is 25.3. The Morgan fingerprint density at radius 3 is 0.917 bits per heavy atom. The van der Waals surface area contributed by atoms with Gasteiger partial charge >= 0.3 is 12.1 Å². The number of para-hydroxylation sites is 2. The summed E-state index contributed by atoms with van der Waals surface area (Å²) in [6, 6.07) is 35.2. The summed E-state index contributed by atoms with van der Waals surface area (Å²) < 4.78 is 13.7. The van der Waals surface area contributed by atoms with E-state index in [0.29, 0.717) is 48.6 Å². The molecule has 4 amide bonds. The van der Waals surface area contributed by atoms with Crippen LogP contribution in [0.25, 0.3) is 0 Å². The van der Waals surface area contributed by atoms with Crippen molar-refractivity contribution in [3.63, 3.8) is 0 Å². The molecule has 0 saturated heterocycles. The highest BCUT2D eigenvalue weighted by atomic mass is 16.5. The van der Waals surface area contributed by atoms with Gasteiger partial charge in [-0.25, -0.2) is 9.59 Å². The molecule has 0 radical (unpaired) electrons. The van der Waals surface area contributed by atoms with Crippen LogP contribution in [0, 0.1) is 0 Å². The summed E-state index contributed by atoms with van der Waals surface area (Å²) in [6.07, 6.45) is 1.40. The van der Waals surface area contributed by atoms with Crippen LogP contribution in [0.5, 0.6) is 23.0 Å². The van der Waals surface area contributed by atoms with Gasteiger partial charge in [-0.15, -0.1) is 0 Å². The van der Waals surface area contributed by atoms with Crippen LogP contribution >= 0.6 is 0 Å². The Hall–Kier alpha value is -6.94. The summed E-state index contributed by atoms with van der Waals surface area (Å²) in [5.74, 6) is 1.72. The van der Waals surface area contributed by atoms with E-state index in [2.05, 4.69) is 153 Å². The summed E-state index contributed by atoms with van der Waals surface area (Å²) in [4.78, 5) is 26.0. The lowest BCUT2D eigenvalue weighted by Gasteiger charge is -2.28. The maximum Gasteiger partial charge on any atom is 0.319 e. The van der Waals surface area contributed by atoms with Crippen molar-refractivity contribution in [2.45, 2.75) is 130 Å². The van der Waals surface area contributed by atoms with Gasteiger partial charge in [0.1, 0.15) is 36.2 Å². The SMILES string of the molecule is CC(C)(C)c1cc2c(O)c(c1)Cc1cc(C(C)(C)C)cc(c1OCCNC(=O)Nc1ccccc1)Cc1cc(C(C)(C)C)cc(c1O)Cc1cc(C(C)(C)C)cc(c1OCCNC(=O)Nc1ccccc1)C2. The van der Waals surface area contributed by atoms with Gasteiger partial charge in [0.25, 0.3) is 0 Å². The Bertz CT molecular complexity index is 2600. The molecule has 1 aliphatic carbocycles. The van der Waals surface area contributed by atoms with E-state index >= 15 is 0 Å². The van der Waals surface area contributed by atoms with Crippen LogP contribution in [-0.4, -0.2) is 48.6 Å². The molecule has 6 aromatic carbocycles. The minimum Gasteiger partial charge on any atom is -0.507 e. The quantitative estimate of drug-likeness (QED) is 0.0754. The molecule has 0 saturated carbocycles. The zero-order chi connectivity index (χ0) is 52.2. The van der Waals surface area contributed by atoms with Gasteiger partial charge in [0, 0.05) is 37.1 Å². The number of hydrogen-bond donors (Lipinski definition) is 6. The van der Waals surface area contributed by atoms with Gasteiger partial charge in [0.05, 0.1) is 13.1 Å². The zero-order valence-electron chi connectivity index (χ0n) is 44.6. The number of amides is 4. The highest BCUT2D eigenvalue weighted by Gasteiger charge is 2.29. The molecule has 10 nitrogen and oxygen atoms in total. The van der Waals surface area contributed by atoms with Gasteiger partial charge in [0.15, 0.2) is 0 Å². The molecule has 0 aromatic heterocycles. The van der Waals surface area contributed by atoms with Gasteiger partial charge in [-0.05, 0) is 113 Å². The Morgan fingerprint density at radius 1 is 0.417 bits per heavy atom. The summed E-state index contributed by atoms with van der Waals surface area (Å²) in [5, 5.41) is 37.0. The summed E-state index contributed by atoms with van der Waals surface area (Å²) >= 11 is 0. The number of benzene rings is 6. The third-order valence-electron chi connectivity index (χ3n) is 13.3. The minimum atomic E-state index is -0.335. The van der Waals surface area contributed by atoms with Crippen molar-refractivity contribution in [1.29, 1.82) is 0 Å². The second-order valence-electron chi connectivity index (χ2n) is 23.4. The number of anilines is 2. The van der Waals surface area contributed by atoms with E-state index in [1.165, 1.54) is 0 Å². The van der Waals surface area contributed by atoms with Crippen LogP contribution in [0.15, 0.2) is 109 Å². The third-order valence-corrected chi connectivity index (χ3v) is 13.3. The first kappa shape index (κ1) is 52.9. The summed E-state index contributed by atoms with van der Waals surface area (Å²) in [5.41, 5.74) is 11.3. The van der Waals surface area contributed by atoms with Crippen molar-refractivity contribution < 1.29 is 29.3 Å². The number of urea groups is 2. The maximum absolute atomic E-state index is 13.0. The monoisotopic (exact) mass is 973 g/mol. The molecule has 10 heteroatoms. The first-order valence-corrected chi connectivity index (χ1v) is 25.3. The van der Waals surface area contributed by atoms with Crippen molar-refractivity contribution in [2.75, 3.05) is 36.9 Å². The van der Waals surface area contributed by atoms with Crippen LogP contribution in [-0.2, 0) is 47.3 Å². The standard InChI is InChI=1S/C62H76N4O6/c1-59(2,3)47-31-39-27-43-35-49(61(7,8)9)37-45(55(43)71-25-23-63-57(69)65-51-19-15-13-16-20-51)29-41-33-48(60(4,5)6)34-42(54(41)68)30-46-38-50(62(10,11)12)36-44(28-40(32-47)53(39)67)56(46)72-26-24-64-58(70)66-52-21-17-14-18-22-52/h13-22,31-38,67-68H,23-30H2,1-12H3,(H2,63,65,69)(H2,64,66,70). The highest BCUT2D eigenvalue weighted by Crippen LogP contribution is 2.44. The molecule has 380 valence electrons. The van der Waals surface area contributed by atoms with E-state index in [-0.39, 0.29) is 71.5 Å². The van der Waals surface area contributed by atoms with Crippen LogP contribution in [0.3, 0.4) is 0 Å². The number of carbonyl (C=O) groups excluding carboxylic acids is 2. The molecule has 72 heavy (non-hydrogen) atoms. The van der Waals surface area contributed by atoms with Crippen molar-refractivity contribution in [3.8, 4) is 23.0 Å². The fraction of sp³-hybridized carbons (Fsp3) is 0.387. The fourth-order valence-corrected chi connectivity index (χ4v) is 9.05. The lowest BCUT2D eigenvalue weighted by atomic mass is 9.79. The van der Waals surface area contributed by atoms with Gasteiger partial charge < -0.3 is 41.0 Å². The number of carbonyl (C=O) groups is 2. The Labute approximate surface area is 428 Å². The zero-order valence-corrected chi connectivity index (χ0v) is 44.6. The smallest absolute Gasteiger partial charge is 0.319 e. The molecule has 8 bridgehead atoms. The average molecular weight is 973 g/mol. The molecule has 0 spiro atoms. The Morgan fingerprint density at radius 2 is 0.667 bits per heavy atom. The molecule has 7 rings (SSSR count). The predicted octanol–water partition coefficient (Wildman–Crippen LogP) is 13.4. The van der Waals surface area contributed by atoms with Crippen LogP contribution < -0.4 is 30.7 Å². The summed E-state index contributed by atoms with van der Waals surface area (Å²) in [7, 11) is 0. The van der Waals surface area contributed by atoms with Gasteiger partial charge in [0.2, 0.25) is 0 Å². The number of fused-ring (bicyclic) bond motifs is 8. The van der Waals surface area contributed by atoms with E-state index in [1.807, 2.05) is 60.7 Å². The fourth-order valence-electron chi connectivity index (χ4n) is 9.05. The number of aromatic hydroxyl groups is 2. The molecule has 1 aliphatic rings. The van der Waals surface area contributed by atoms with E-state index in [9.17, 15) is 19.8 Å². The average Bonchev–Trinajstić information content (AvgIpc) is 3.29. The number of phenols is 2. The molecular weight excluding hydrogens is 897 g/mol. The van der Waals surface area contributed by atoms with Crippen molar-refractivity contribution >= 4 is 23.4 Å². The molecule has 0 heterocycles. The van der Waals surface area contributed by atoms with E-state index in [1.54, 1.807) is 0 Å². The first-order chi connectivity index (χ1) is 33.8. The molecular formula is C62H76N4O6. The van der Waals surface area contributed by atoms with Crippen LogP contribution in [0.4, 0.5) is 21.0 Å². The highest BCUT2D eigenvalue weighted by molar-refractivity contribution is 5.89. The van der Waals surface area contributed by atoms with Crippen molar-refractivity contribution in [1.82, 2.24) is 10.6 Å². The number of ether oxygens (including phenoxy) is 2. The van der Waals surface area contributed by atoms with E-state index in [0.717, 1.165) is 66.8 Å². The lowest BCUT2D eigenvalue weighted by molar-refractivity contribution is 0.246. The van der Waals surface area contributed by atoms with Crippen LogP contribution in [0.2, 0.25) is 0 Å². The largest absolute Gasteiger partial charge is 0.507 e. The second kappa shape index (κ2) is 21.4.